The van der Waals surface area contributed by atoms with Crippen LogP contribution in [-0.2, 0) is 0 Å². The second-order valence-corrected chi connectivity index (χ2v) is 7.73. The molecule has 0 saturated carbocycles. The maximum absolute atomic E-state index is 12.9. The Morgan fingerprint density at radius 2 is 1.67 bits per heavy atom. The summed E-state index contributed by atoms with van der Waals surface area (Å²) < 4.78 is 37.0. The molecule has 4 nitrogen and oxygen atoms in total. The number of alkyl halides is 3. The van der Waals surface area contributed by atoms with Crippen molar-refractivity contribution in [2.75, 3.05) is 11.9 Å². The lowest BCUT2D eigenvalue weighted by Gasteiger charge is -2.12. The van der Waals surface area contributed by atoms with Crippen molar-refractivity contribution in [1.82, 2.24) is 5.32 Å². The topological polar surface area (TPSA) is 58.2 Å². The van der Waals surface area contributed by atoms with Crippen molar-refractivity contribution in [3.05, 3.63) is 75.5 Å². The highest BCUT2D eigenvalue weighted by molar-refractivity contribution is 7.12. The van der Waals surface area contributed by atoms with Gasteiger partial charge in [-0.1, -0.05) is 35.9 Å². The zero-order chi connectivity index (χ0) is 21.9. The number of aryl methyl sites for hydroxylation is 2. The van der Waals surface area contributed by atoms with E-state index in [4.69, 9.17) is 0 Å². The zero-order valence-electron chi connectivity index (χ0n) is 16.3. The molecule has 0 aliphatic rings. The SMILES string of the molecule is Cc1ccc(-c2ccsc2C(=O)Nc2cc(C(=O)NCC(F)(F)F)ccc2C)cc1. The van der Waals surface area contributed by atoms with Crippen LogP contribution in [0.2, 0.25) is 0 Å². The summed E-state index contributed by atoms with van der Waals surface area (Å²) in [6.45, 7) is 2.30. The van der Waals surface area contributed by atoms with E-state index >= 15 is 0 Å². The maximum atomic E-state index is 12.9. The van der Waals surface area contributed by atoms with Gasteiger partial charge in [0.15, 0.2) is 0 Å². The molecule has 0 bridgehead atoms. The van der Waals surface area contributed by atoms with Gasteiger partial charge in [-0.05, 0) is 48.6 Å². The molecule has 0 unspecified atom stereocenters. The number of carbonyl (C=O) groups excluding carboxylic acids is 2. The van der Waals surface area contributed by atoms with Crippen LogP contribution in [0.4, 0.5) is 18.9 Å². The summed E-state index contributed by atoms with van der Waals surface area (Å²) in [5.41, 5.74) is 3.88. The normalized spacial score (nSPS) is 11.2. The Balaban J connectivity index is 1.80. The molecule has 0 aliphatic heterocycles. The third-order valence-electron chi connectivity index (χ3n) is 4.43. The molecule has 0 fully saturated rings. The molecule has 0 aliphatic carbocycles. The number of anilines is 1. The number of hydrogen-bond donors (Lipinski definition) is 2. The third-order valence-corrected chi connectivity index (χ3v) is 5.34. The maximum Gasteiger partial charge on any atom is 0.405 e. The molecule has 0 saturated heterocycles. The molecule has 0 atom stereocenters. The highest BCUT2D eigenvalue weighted by Gasteiger charge is 2.28. The van der Waals surface area contributed by atoms with Crippen molar-refractivity contribution >= 4 is 28.8 Å². The van der Waals surface area contributed by atoms with Crippen molar-refractivity contribution < 1.29 is 22.8 Å². The van der Waals surface area contributed by atoms with Crippen LogP contribution in [0.1, 0.15) is 31.2 Å². The number of amides is 2. The summed E-state index contributed by atoms with van der Waals surface area (Å²) in [5.74, 6) is -1.21. The predicted octanol–water partition coefficient (Wildman–Crippen LogP) is 5.58. The molecule has 2 aromatic carbocycles. The van der Waals surface area contributed by atoms with Gasteiger partial charge in [0.2, 0.25) is 0 Å². The second kappa shape index (κ2) is 8.71. The Hall–Kier alpha value is -3.13. The monoisotopic (exact) mass is 432 g/mol. The van der Waals surface area contributed by atoms with Crippen molar-refractivity contribution in [3.63, 3.8) is 0 Å². The first-order chi connectivity index (χ1) is 14.1. The molecule has 1 heterocycles. The number of hydrogen-bond acceptors (Lipinski definition) is 3. The molecule has 0 spiro atoms. The van der Waals surface area contributed by atoms with Gasteiger partial charge in [0.1, 0.15) is 6.54 Å². The predicted molar refractivity (Wildman–Crippen MR) is 112 cm³/mol. The minimum Gasteiger partial charge on any atom is -0.343 e. The number of rotatable bonds is 5. The Labute approximate surface area is 175 Å². The van der Waals surface area contributed by atoms with Crippen molar-refractivity contribution in [1.29, 1.82) is 0 Å². The Morgan fingerprint density at radius 1 is 0.967 bits per heavy atom. The highest BCUT2D eigenvalue weighted by Crippen LogP contribution is 2.30. The molecule has 2 amide bonds. The summed E-state index contributed by atoms with van der Waals surface area (Å²) in [7, 11) is 0. The van der Waals surface area contributed by atoms with E-state index in [-0.39, 0.29) is 11.5 Å². The van der Waals surface area contributed by atoms with Gasteiger partial charge in [0, 0.05) is 16.8 Å². The summed E-state index contributed by atoms with van der Waals surface area (Å²) in [4.78, 5) is 25.4. The van der Waals surface area contributed by atoms with Crippen LogP contribution in [0.15, 0.2) is 53.9 Å². The van der Waals surface area contributed by atoms with Crippen molar-refractivity contribution in [2.24, 2.45) is 0 Å². The molecule has 8 heteroatoms. The quantitative estimate of drug-likeness (QED) is 0.553. The number of thiophene rings is 1. The Morgan fingerprint density at radius 3 is 2.33 bits per heavy atom. The first-order valence-electron chi connectivity index (χ1n) is 9.05. The summed E-state index contributed by atoms with van der Waals surface area (Å²) >= 11 is 1.29. The largest absolute Gasteiger partial charge is 0.405 e. The first kappa shape index (κ1) is 21.6. The van der Waals surface area contributed by atoms with Crippen molar-refractivity contribution in [3.8, 4) is 11.1 Å². The average Bonchev–Trinajstić information content (AvgIpc) is 3.18. The van der Waals surface area contributed by atoms with Gasteiger partial charge in [-0.25, -0.2) is 0 Å². The van der Waals surface area contributed by atoms with Crippen LogP contribution in [0.25, 0.3) is 11.1 Å². The van der Waals surface area contributed by atoms with E-state index in [2.05, 4.69) is 5.32 Å². The minimum atomic E-state index is -4.50. The molecular weight excluding hydrogens is 413 g/mol. The lowest BCUT2D eigenvalue weighted by molar-refractivity contribution is -0.123. The van der Waals surface area contributed by atoms with Crippen LogP contribution in [0, 0.1) is 13.8 Å². The van der Waals surface area contributed by atoms with E-state index in [1.165, 1.54) is 23.5 Å². The molecule has 1 aromatic heterocycles. The molecule has 156 valence electrons. The van der Waals surface area contributed by atoms with E-state index in [9.17, 15) is 22.8 Å². The number of nitrogens with one attached hydrogen (secondary N) is 2. The van der Waals surface area contributed by atoms with Gasteiger partial charge in [-0.3, -0.25) is 9.59 Å². The van der Waals surface area contributed by atoms with E-state index in [1.54, 1.807) is 13.0 Å². The second-order valence-electron chi connectivity index (χ2n) is 6.81. The van der Waals surface area contributed by atoms with Gasteiger partial charge in [0.25, 0.3) is 11.8 Å². The smallest absolute Gasteiger partial charge is 0.343 e. The fourth-order valence-electron chi connectivity index (χ4n) is 2.81. The summed E-state index contributed by atoms with van der Waals surface area (Å²) in [5, 5.41) is 6.42. The average molecular weight is 432 g/mol. The third kappa shape index (κ3) is 5.27. The fraction of sp³-hybridized carbons (Fsp3) is 0.182. The number of halogens is 3. The Bertz CT molecular complexity index is 1070. The summed E-state index contributed by atoms with van der Waals surface area (Å²) in [6.07, 6.45) is -4.50. The molecule has 3 aromatic rings. The van der Waals surface area contributed by atoms with Gasteiger partial charge in [0.05, 0.1) is 4.88 Å². The van der Waals surface area contributed by atoms with Crippen LogP contribution in [-0.4, -0.2) is 24.5 Å². The molecule has 3 rings (SSSR count). The lowest BCUT2D eigenvalue weighted by atomic mass is 10.0. The molecule has 30 heavy (non-hydrogen) atoms. The fourth-order valence-corrected chi connectivity index (χ4v) is 3.62. The standard InChI is InChI=1S/C22H19F3N2O2S/c1-13-3-6-15(7-4-13)17-9-10-30-19(17)21(29)27-18-11-16(8-5-14(18)2)20(28)26-12-22(23,24)25/h3-11H,12H2,1-2H3,(H,26,28)(H,27,29). The van der Waals surface area contributed by atoms with Gasteiger partial charge < -0.3 is 10.6 Å². The number of carbonyl (C=O) groups is 2. The van der Waals surface area contributed by atoms with E-state index in [0.717, 1.165) is 16.7 Å². The lowest BCUT2D eigenvalue weighted by Crippen LogP contribution is -2.33. The van der Waals surface area contributed by atoms with Gasteiger partial charge in [-0.2, -0.15) is 13.2 Å². The molecule has 2 N–H and O–H groups in total. The van der Waals surface area contributed by atoms with Crippen LogP contribution >= 0.6 is 11.3 Å². The highest BCUT2D eigenvalue weighted by atomic mass is 32.1. The summed E-state index contributed by atoms with van der Waals surface area (Å²) in [6, 6.07) is 14.0. The van der Waals surface area contributed by atoms with Gasteiger partial charge in [-0.15, -0.1) is 11.3 Å². The molecular formula is C22H19F3N2O2S. The Kier molecular flexibility index (Phi) is 6.26. The van der Waals surface area contributed by atoms with E-state index in [0.29, 0.717) is 16.1 Å². The van der Waals surface area contributed by atoms with Crippen LogP contribution in [0.5, 0.6) is 0 Å². The first-order valence-corrected chi connectivity index (χ1v) is 9.93. The van der Waals surface area contributed by atoms with Crippen LogP contribution < -0.4 is 10.6 Å². The van der Waals surface area contributed by atoms with Crippen molar-refractivity contribution in [2.45, 2.75) is 20.0 Å². The van der Waals surface area contributed by atoms with E-state index in [1.807, 2.05) is 48.0 Å². The molecule has 0 radical (unpaired) electrons. The van der Waals surface area contributed by atoms with Gasteiger partial charge >= 0.3 is 6.18 Å². The zero-order valence-corrected chi connectivity index (χ0v) is 17.1. The minimum absolute atomic E-state index is 0.0325. The van der Waals surface area contributed by atoms with E-state index < -0.39 is 18.6 Å². The van der Waals surface area contributed by atoms with Crippen LogP contribution in [0.3, 0.4) is 0 Å². The number of benzene rings is 2.